The minimum atomic E-state index is 0.724. The minimum absolute atomic E-state index is 0.724. The number of aryl methyl sites for hydroxylation is 1. The highest BCUT2D eigenvalue weighted by Gasteiger charge is 2.01. The van der Waals surface area contributed by atoms with E-state index in [0.29, 0.717) is 0 Å². The van der Waals surface area contributed by atoms with E-state index in [1.807, 2.05) is 17.8 Å². The molecule has 2 heterocycles. The molecule has 3 rings (SSSR count). The Bertz CT molecular complexity index is 652. The Morgan fingerprint density at radius 2 is 2.22 bits per heavy atom. The van der Waals surface area contributed by atoms with E-state index in [-0.39, 0.29) is 0 Å². The van der Waals surface area contributed by atoms with Crippen LogP contribution in [0.2, 0.25) is 0 Å². The molecule has 3 aromatic rings. The number of nitrogens with one attached hydrogen (secondary N) is 2. The zero-order valence-corrected chi connectivity index (χ0v) is 10.2. The number of aromatic nitrogens is 4. The lowest BCUT2D eigenvalue weighted by atomic mass is 10.1. The Kier molecular flexibility index (Phi) is 2.82. The van der Waals surface area contributed by atoms with Crippen LogP contribution in [0.5, 0.6) is 0 Å². The molecule has 0 atom stereocenters. The average molecular weight is 241 g/mol. The second kappa shape index (κ2) is 4.62. The Morgan fingerprint density at radius 3 is 3.06 bits per heavy atom. The molecule has 0 fully saturated rings. The molecule has 0 aliphatic rings. The largest absolute Gasteiger partial charge is 0.361 e. The van der Waals surface area contributed by atoms with Gasteiger partial charge in [0.25, 0.3) is 0 Å². The monoisotopic (exact) mass is 241 g/mol. The summed E-state index contributed by atoms with van der Waals surface area (Å²) >= 11 is 0. The van der Waals surface area contributed by atoms with Crippen molar-refractivity contribution in [2.24, 2.45) is 7.05 Å². The van der Waals surface area contributed by atoms with Crippen LogP contribution in [0.25, 0.3) is 10.9 Å². The topological polar surface area (TPSA) is 58.5 Å². The van der Waals surface area contributed by atoms with Crippen molar-refractivity contribution in [1.29, 1.82) is 0 Å². The van der Waals surface area contributed by atoms with E-state index in [2.05, 4.69) is 44.8 Å². The zero-order chi connectivity index (χ0) is 12.4. The third-order valence-corrected chi connectivity index (χ3v) is 3.04. The number of fused-ring (bicyclic) bond motifs is 1. The molecule has 1 aromatic carbocycles. The number of rotatable bonds is 4. The van der Waals surface area contributed by atoms with Gasteiger partial charge in [0.2, 0.25) is 0 Å². The van der Waals surface area contributed by atoms with Crippen LogP contribution < -0.4 is 5.32 Å². The van der Waals surface area contributed by atoms with Gasteiger partial charge in [-0.05, 0) is 29.1 Å². The highest BCUT2D eigenvalue weighted by atomic mass is 15.3. The van der Waals surface area contributed by atoms with Crippen LogP contribution in [-0.4, -0.2) is 19.7 Å². The third-order valence-electron chi connectivity index (χ3n) is 3.04. The van der Waals surface area contributed by atoms with Crippen LogP contribution >= 0.6 is 0 Å². The van der Waals surface area contributed by atoms with Crippen LogP contribution in [0.15, 0.2) is 36.8 Å². The van der Waals surface area contributed by atoms with Crippen molar-refractivity contribution in [3.63, 3.8) is 0 Å². The van der Waals surface area contributed by atoms with Gasteiger partial charge in [-0.2, -0.15) is 0 Å². The number of H-pyrrole nitrogens is 1. The molecule has 0 bridgehead atoms. The second-order valence-electron chi connectivity index (χ2n) is 4.36. The van der Waals surface area contributed by atoms with Gasteiger partial charge in [-0.3, -0.25) is 0 Å². The van der Waals surface area contributed by atoms with Gasteiger partial charge in [0.1, 0.15) is 12.2 Å². The highest BCUT2D eigenvalue weighted by Crippen LogP contribution is 2.14. The third kappa shape index (κ3) is 2.12. The van der Waals surface area contributed by atoms with Gasteiger partial charge in [-0.15, -0.1) is 10.2 Å². The predicted octanol–water partition coefficient (Wildman–Crippen LogP) is 1.59. The quantitative estimate of drug-likeness (QED) is 0.729. The first kappa shape index (κ1) is 11.0. The standard InChI is InChI=1S/C13H15N5/c1-18-9-16-17-13(18)8-14-7-10-2-3-12-11(6-10)4-5-15-12/h2-6,9,14-15H,7-8H2,1H3. The normalized spacial score (nSPS) is 11.2. The van der Waals surface area contributed by atoms with Crippen molar-refractivity contribution in [3.05, 3.63) is 48.2 Å². The molecular weight excluding hydrogens is 226 g/mol. The summed E-state index contributed by atoms with van der Waals surface area (Å²) in [7, 11) is 1.95. The molecule has 0 aliphatic carbocycles. The van der Waals surface area contributed by atoms with Gasteiger partial charge >= 0.3 is 0 Å². The molecule has 92 valence electrons. The first-order valence-electron chi connectivity index (χ1n) is 5.92. The first-order chi connectivity index (χ1) is 8.83. The summed E-state index contributed by atoms with van der Waals surface area (Å²) in [6.07, 6.45) is 3.67. The lowest BCUT2D eigenvalue weighted by Gasteiger charge is -2.04. The van der Waals surface area contributed by atoms with Crippen LogP contribution in [0, 0.1) is 0 Å². The number of hydrogen-bond donors (Lipinski definition) is 2. The molecule has 0 saturated heterocycles. The molecule has 5 heteroatoms. The van der Waals surface area contributed by atoms with Crippen molar-refractivity contribution in [3.8, 4) is 0 Å². The highest BCUT2D eigenvalue weighted by molar-refractivity contribution is 5.79. The summed E-state index contributed by atoms with van der Waals surface area (Å²) in [4.78, 5) is 3.19. The Hall–Kier alpha value is -2.14. The van der Waals surface area contributed by atoms with Gasteiger partial charge in [0, 0.05) is 25.3 Å². The molecule has 2 N–H and O–H groups in total. The van der Waals surface area contributed by atoms with Crippen LogP contribution in [0.1, 0.15) is 11.4 Å². The Morgan fingerprint density at radius 1 is 1.28 bits per heavy atom. The van der Waals surface area contributed by atoms with Gasteiger partial charge in [0.05, 0.1) is 6.54 Å². The number of aromatic amines is 1. The molecule has 0 radical (unpaired) electrons. The van der Waals surface area contributed by atoms with Crippen molar-refractivity contribution in [2.75, 3.05) is 0 Å². The summed E-state index contributed by atoms with van der Waals surface area (Å²) in [6.45, 7) is 1.55. The maximum absolute atomic E-state index is 4.03. The maximum Gasteiger partial charge on any atom is 0.146 e. The molecular formula is C13H15N5. The number of benzene rings is 1. The zero-order valence-electron chi connectivity index (χ0n) is 10.2. The van der Waals surface area contributed by atoms with E-state index < -0.39 is 0 Å². The predicted molar refractivity (Wildman–Crippen MR) is 69.8 cm³/mol. The Labute approximate surface area is 105 Å². The van der Waals surface area contributed by atoms with E-state index in [0.717, 1.165) is 18.9 Å². The number of hydrogen-bond acceptors (Lipinski definition) is 3. The fourth-order valence-electron chi connectivity index (χ4n) is 2.00. The van der Waals surface area contributed by atoms with Gasteiger partial charge in [-0.1, -0.05) is 6.07 Å². The molecule has 0 aliphatic heterocycles. The molecule has 2 aromatic heterocycles. The molecule has 0 spiro atoms. The lowest BCUT2D eigenvalue weighted by Crippen LogP contribution is -2.15. The summed E-state index contributed by atoms with van der Waals surface area (Å²) in [5, 5.41) is 12.5. The van der Waals surface area contributed by atoms with Crippen LogP contribution in [0.3, 0.4) is 0 Å². The summed E-state index contributed by atoms with van der Waals surface area (Å²) in [5.74, 6) is 0.942. The van der Waals surface area contributed by atoms with Gasteiger partial charge in [-0.25, -0.2) is 0 Å². The van der Waals surface area contributed by atoms with E-state index >= 15 is 0 Å². The summed E-state index contributed by atoms with van der Waals surface area (Å²) in [6, 6.07) is 8.51. The number of nitrogens with zero attached hydrogens (tertiary/aromatic N) is 3. The van der Waals surface area contributed by atoms with Gasteiger partial charge in [0.15, 0.2) is 0 Å². The first-order valence-corrected chi connectivity index (χ1v) is 5.92. The van der Waals surface area contributed by atoms with E-state index in [1.165, 1.54) is 16.5 Å². The van der Waals surface area contributed by atoms with Crippen LogP contribution in [0.4, 0.5) is 0 Å². The lowest BCUT2D eigenvalue weighted by molar-refractivity contribution is 0.637. The molecule has 5 nitrogen and oxygen atoms in total. The van der Waals surface area contributed by atoms with Crippen molar-refractivity contribution < 1.29 is 0 Å². The minimum Gasteiger partial charge on any atom is -0.361 e. The van der Waals surface area contributed by atoms with Crippen molar-refractivity contribution in [2.45, 2.75) is 13.1 Å². The van der Waals surface area contributed by atoms with E-state index in [9.17, 15) is 0 Å². The fraction of sp³-hybridized carbons (Fsp3) is 0.231. The summed E-state index contributed by atoms with van der Waals surface area (Å²) in [5.41, 5.74) is 2.44. The van der Waals surface area contributed by atoms with E-state index in [1.54, 1.807) is 6.33 Å². The summed E-state index contributed by atoms with van der Waals surface area (Å²) < 4.78 is 1.92. The van der Waals surface area contributed by atoms with Crippen LogP contribution in [-0.2, 0) is 20.1 Å². The molecule has 0 saturated carbocycles. The molecule has 0 amide bonds. The molecule has 0 unspecified atom stereocenters. The van der Waals surface area contributed by atoms with Crippen molar-refractivity contribution in [1.82, 2.24) is 25.1 Å². The Balaban J connectivity index is 1.64. The fourth-order valence-corrected chi connectivity index (χ4v) is 2.00. The van der Waals surface area contributed by atoms with Gasteiger partial charge < -0.3 is 14.9 Å². The second-order valence-corrected chi connectivity index (χ2v) is 4.36. The van der Waals surface area contributed by atoms with E-state index in [4.69, 9.17) is 0 Å². The SMILES string of the molecule is Cn1cnnc1CNCc1ccc2[nH]ccc2c1. The molecule has 18 heavy (non-hydrogen) atoms. The maximum atomic E-state index is 4.03. The average Bonchev–Trinajstić information content (AvgIpc) is 2.98. The smallest absolute Gasteiger partial charge is 0.146 e. The van der Waals surface area contributed by atoms with Crippen molar-refractivity contribution >= 4 is 10.9 Å².